The van der Waals surface area contributed by atoms with Gasteiger partial charge in [0.25, 0.3) is 5.56 Å². The monoisotopic (exact) mass is 601 g/mol. The second-order valence-corrected chi connectivity index (χ2v) is 12.0. The zero-order chi connectivity index (χ0) is 29.6. The molecule has 0 bridgehead atoms. The molecule has 2 aromatic carbocycles. The van der Waals surface area contributed by atoms with E-state index in [2.05, 4.69) is 35.1 Å². The third-order valence-electron chi connectivity index (χ3n) is 8.71. The molecule has 0 amide bonds. The second kappa shape index (κ2) is 9.28. The van der Waals surface area contributed by atoms with Gasteiger partial charge in [-0.2, -0.15) is 13.2 Å². The Kier molecular flexibility index (Phi) is 5.65. The van der Waals surface area contributed by atoms with Gasteiger partial charge >= 0.3 is 6.18 Å². The van der Waals surface area contributed by atoms with Gasteiger partial charge in [-0.25, -0.2) is 4.68 Å². The fourth-order valence-corrected chi connectivity index (χ4v) is 6.79. The van der Waals surface area contributed by atoms with Crippen LogP contribution in [0.1, 0.15) is 47.3 Å². The van der Waals surface area contributed by atoms with Gasteiger partial charge in [-0.15, -0.1) is 5.10 Å². The maximum absolute atomic E-state index is 13.7. The predicted octanol–water partition coefficient (Wildman–Crippen LogP) is 6.80. The molecule has 216 valence electrons. The number of aromatic nitrogens is 4. The SMILES string of the molecule is C=C1COc2cc(C3=CN=C(C4C5CC5c5cc(-c6cc(Cl)ccc6-n6cc(C(F)(F)F)nn6)cc(=O)n54)C3)ccc2C1. The third kappa shape index (κ3) is 4.34. The Morgan fingerprint density at radius 1 is 1.05 bits per heavy atom. The zero-order valence-electron chi connectivity index (χ0n) is 22.6. The molecule has 3 unspecified atom stereocenters. The number of ether oxygens (including phenoxy) is 1. The van der Waals surface area contributed by atoms with Crippen LogP contribution in [0.15, 0.2) is 82.9 Å². The van der Waals surface area contributed by atoms with E-state index >= 15 is 0 Å². The normalized spacial score (nSPS) is 22.0. The summed E-state index contributed by atoms with van der Waals surface area (Å²) in [5, 5.41) is 7.36. The summed E-state index contributed by atoms with van der Waals surface area (Å²) in [6, 6.07) is 14.3. The van der Waals surface area contributed by atoms with Gasteiger partial charge in [-0.05, 0) is 70.5 Å². The fraction of sp³-hybridized carbons (Fsp3) is 0.250. The lowest BCUT2D eigenvalue weighted by Crippen LogP contribution is -2.29. The highest BCUT2D eigenvalue weighted by molar-refractivity contribution is 6.31. The van der Waals surface area contributed by atoms with Gasteiger partial charge in [0.15, 0.2) is 5.69 Å². The van der Waals surface area contributed by atoms with Crippen molar-refractivity contribution in [2.24, 2.45) is 10.9 Å². The van der Waals surface area contributed by atoms with Crippen molar-refractivity contribution < 1.29 is 17.9 Å². The quantitative estimate of drug-likeness (QED) is 0.241. The van der Waals surface area contributed by atoms with Gasteiger partial charge < -0.3 is 9.30 Å². The van der Waals surface area contributed by atoms with E-state index in [9.17, 15) is 18.0 Å². The number of hydrogen-bond acceptors (Lipinski definition) is 5. The number of aliphatic imine (C=N–C) groups is 1. The Hall–Kier alpha value is -4.44. The van der Waals surface area contributed by atoms with Crippen molar-refractivity contribution >= 4 is 22.9 Å². The van der Waals surface area contributed by atoms with Crippen LogP contribution in [0.3, 0.4) is 0 Å². The summed E-state index contributed by atoms with van der Waals surface area (Å²) in [4.78, 5) is 18.5. The molecular formula is C32H23ClF3N5O2. The lowest BCUT2D eigenvalue weighted by Gasteiger charge is -2.21. The molecule has 5 heterocycles. The Balaban J connectivity index is 1.11. The number of pyridine rings is 1. The molecule has 4 aliphatic rings. The van der Waals surface area contributed by atoms with E-state index in [0.29, 0.717) is 34.9 Å². The van der Waals surface area contributed by atoms with Crippen LogP contribution in [-0.2, 0) is 12.6 Å². The molecule has 1 saturated carbocycles. The summed E-state index contributed by atoms with van der Waals surface area (Å²) in [7, 11) is 0. The van der Waals surface area contributed by atoms with Crippen LogP contribution in [0.4, 0.5) is 13.2 Å². The molecule has 43 heavy (non-hydrogen) atoms. The number of allylic oxidation sites excluding steroid dienone is 1. The number of hydrogen-bond donors (Lipinski definition) is 0. The maximum Gasteiger partial charge on any atom is 0.436 e. The second-order valence-electron chi connectivity index (χ2n) is 11.5. The van der Waals surface area contributed by atoms with Gasteiger partial charge in [0.2, 0.25) is 0 Å². The number of nitrogens with zero attached hydrogens (tertiary/aromatic N) is 5. The lowest BCUT2D eigenvalue weighted by molar-refractivity contribution is -0.141. The zero-order valence-corrected chi connectivity index (χ0v) is 23.4. The van der Waals surface area contributed by atoms with E-state index in [1.54, 1.807) is 18.2 Å². The smallest absolute Gasteiger partial charge is 0.436 e. The van der Waals surface area contributed by atoms with E-state index in [1.807, 2.05) is 16.8 Å². The van der Waals surface area contributed by atoms with Crippen molar-refractivity contribution in [3.63, 3.8) is 0 Å². The molecule has 0 saturated heterocycles. The molecule has 7 nitrogen and oxygen atoms in total. The van der Waals surface area contributed by atoms with Gasteiger partial charge in [0.05, 0.1) is 17.9 Å². The first-order valence-electron chi connectivity index (χ1n) is 13.9. The Morgan fingerprint density at radius 2 is 1.91 bits per heavy atom. The Labute approximate surface area is 248 Å². The minimum Gasteiger partial charge on any atom is -0.489 e. The van der Waals surface area contributed by atoms with Crippen LogP contribution in [0.2, 0.25) is 5.02 Å². The van der Waals surface area contributed by atoms with Crippen molar-refractivity contribution in [3.8, 4) is 22.6 Å². The van der Waals surface area contributed by atoms with Crippen molar-refractivity contribution in [2.75, 3.05) is 6.61 Å². The molecule has 11 heteroatoms. The molecular weight excluding hydrogens is 579 g/mol. The molecule has 4 aromatic rings. The molecule has 0 radical (unpaired) electrons. The largest absolute Gasteiger partial charge is 0.489 e. The van der Waals surface area contributed by atoms with Crippen LogP contribution < -0.4 is 10.3 Å². The highest BCUT2D eigenvalue weighted by Gasteiger charge is 2.54. The summed E-state index contributed by atoms with van der Waals surface area (Å²) in [6.07, 6.45) is 0.479. The molecule has 0 spiro atoms. The number of halogens is 4. The first kappa shape index (κ1) is 26.2. The van der Waals surface area contributed by atoms with E-state index < -0.39 is 11.9 Å². The van der Waals surface area contributed by atoms with Crippen molar-refractivity contribution in [1.29, 1.82) is 0 Å². The molecule has 3 aliphatic heterocycles. The van der Waals surface area contributed by atoms with Gasteiger partial charge in [-0.3, -0.25) is 9.79 Å². The summed E-state index contributed by atoms with van der Waals surface area (Å²) in [5.41, 5.74) is 6.26. The van der Waals surface area contributed by atoms with Crippen LogP contribution in [-0.4, -0.2) is 31.9 Å². The third-order valence-corrected chi connectivity index (χ3v) is 8.95. The van der Waals surface area contributed by atoms with Crippen molar-refractivity contribution in [1.82, 2.24) is 19.6 Å². The highest BCUT2D eigenvalue weighted by atomic mass is 35.5. The number of rotatable bonds is 4. The average Bonchev–Trinajstić information content (AvgIpc) is 3.30. The molecule has 2 aromatic heterocycles. The molecule has 3 atom stereocenters. The highest BCUT2D eigenvalue weighted by Crippen LogP contribution is 2.60. The summed E-state index contributed by atoms with van der Waals surface area (Å²) < 4.78 is 48.4. The van der Waals surface area contributed by atoms with E-state index in [4.69, 9.17) is 21.3 Å². The minimum atomic E-state index is -4.63. The minimum absolute atomic E-state index is 0.143. The number of fused-ring (bicyclic) bond motifs is 4. The fourth-order valence-electron chi connectivity index (χ4n) is 6.62. The van der Waals surface area contributed by atoms with E-state index in [0.717, 1.165) is 63.1 Å². The molecule has 8 rings (SSSR count). The standard InChI is InChI=1S/C32H23ClF3N5O2/c1-16-6-18-3-2-17(9-28(18)43-15-16)20-7-25(37-13-20)31-24-12-23(24)27-8-19(10-30(42)41(27)31)22-11-21(33)4-5-26(22)40-14-29(38-39-40)32(34,35)36/h2-5,8-11,13-14,23-24,31H,1,6-7,12,15H2. The van der Waals surface area contributed by atoms with Crippen molar-refractivity contribution in [3.05, 3.63) is 111 Å². The van der Waals surface area contributed by atoms with Crippen LogP contribution in [0, 0.1) is 5.92 Å². The topological polar surface area (TPSA) is 74.3 Å². The lowest BCUT2D eigenvalue weighted by atomic mass is 9.95. The van der Waals surface area contributed by atoms with E-state index in [1.165, 1.54) is 6.07 Å². The van der Waals surface area contributed by atoms with E-state index in [-0.39, 0.29) is 23.4 Å². The Bertz CT molecular complexity index is 1990. The molecule has 0 N–H and O–H groups in total. The summed E-state index contributed by atoms with van der Waals surface area (Å²) >= 11 is 6.30. The van der Waals surface area contributed by atoms with Gasteiger partial charge in [0, 0.05) is 53.0 Å². The number of benzene rings is 2. The van der Waals surface area contributed by atoms with Gasteiger partial charge in [-0.1, -0.05) is 35.5 Å². The summed E-state index contributed by atoms with van der Waals surface area (Å²) in [5.74, 6) is 1.36. The van der Waals surface area contributed by atoms with Gasteiger partial charge in [0.1, 0.15) is 12.4 Å². The number of alkyl halides is 3. The first-order valence-corrected chi connectivity index (χ1v) is 14.3. The summed E-state index contributed by atoms with van der Waals surface area (Å²) in [6.45, 7) is 4.55. The maximum atomic E-state index is 13.7. The molecule has 1 aliphatic carbocycles. The van der Waals surface area contributed by atoms with Crippen LogP contribution in [0.25, 0.3) is 22.4 Å². The Morgan fingerprint density at radius 3 is 2.72 bits per heavy atom. The predicted molar refractivity (Wildman–Crippen MR) is 156 cm³/mol. The van der Waals surface area contributed by atoms with Crippen molar-refractivity contribution in [2.45, 2.75) is 37.4 Å². The van der Waals surface area contributed by atoms with Crippen LogP contribution >= 0.6 is 11.6 Å². The molecule has 1 fully saturated rings. The average molecular weight is 602 g/mol. The van der Waals surface area contributed by atoms with Crippen LogP contribution in [0.5, 0.6) is 5.75 Å². The first-order chi connectivity index (χ1) is 20.6.